The molecule has 1 saturated heterocycles. The summed E-state index contributed by atoms with van der Waals surface area (Å²) in [5.41, 5.74) is 5.76. The number of halogens is 1. The SMILES string of the molecule is CCN1CCN(S(=O)(=O)c2cc(Cl)cnc2N)C[C@H]1c1ncc[nH]1. The van der Waals surface area contributed by atoms with E-state index >= 15 is 0 Å². The fraction of sp³-hybridized carbons (Fsp3) is 0.429. The van der Waals surface area contributed by atoms with Gasteiger partial charge in [0.25, 0.3) is 0 Å². The van der Waals surface area contributed by atoms with E-state index in [1.54, 1.807) is 12.4 Å². The predicted octanol–water partition coefficient (Wildman–Crippen LogP) is 1.11. The van der Waals surface area contributed by atoms with Crippen molar-refractivity contribution >= 4 is 27.4 Å². The first-order valence-electron chi connectivity index (χ1n) is 7.58. The molecule has 0 amide bonds. The number of aromatic nitrogens is 3. The fourth-order valence-electron chi connectivity index (χ4n) is 2.89. The summed E-state index contributed by atoms with van der Waals surface area (Å²) in [7, 11) is -3.78. The van der Waals surface area contributed by atoms with Crippen LogP contribution < -0.4 is 5.73 Å². The van der Waals surface area contributed by atoms with Crippen molar-refractivity contribution in [3.8, 4) is 0 Å². The number of nitrogens with zero attached hydrogens (tertiary/aromatic N) is 4. The molecular weight excluding hydrogens is 352 g/mol. The molecule has 2 aromatic rings. The second-order valence-corrected chi connectivity index (χ2v) is 7.86. The summed E-state index contributed by atoms with van der Waals surface area (Å²) in [5, 5.41) is 0.234. The van der Waals surface area contributed by atoms with Gasteiger partial charge in [0.2, 0.25) is 10.0 Å². The Morgan fingerprint density at radius 1 is 1.42 bits per heavy atom. The van der Waals surface area contributed by atoms with Crippen molar-refractivity contribution in [3.63, 3.8) is 0 Å². The minimum atomic E-state index is -3.78. The van der Waals surface area contributed by atoms with Crippen molar-refractivity contribution in [2.24, 2.45) is 0 Å². The zero-order valence-corrected chi connectivity index (χ0v) is 14.8. The van der Waals surface area contributed by atoms with E-state index in [4.69, 9.17) is 17.3 Å². The summed E-state index contributed by atoms with van der Waals surface area (Å²) in [6, 6.07) is 1.20. The summed E-state index contributed by atoms with van der Waals surface area (Å²) in [4.78, 5) is 13.3. The molecule has 1 aliphatic rings. The molecule has 0 radical (unpaired) electrons. The lowest BCUT2D eigenvalue weighted by atomic mass is 10.2. The summed E-state index contributed by atoms with van der Waals surface area (Å²) < 4.78 is 27.3. The largest absolute Gasteiger partial charge is 0.383 e. The van der Waals surface area contributed by atoms with Crippen LogP contribution in [-0.4, -0.2) is 58.8 Å². The first-order valence-corrected chi connectivity index (χ1v) is 9.39. The topological polar surface area (TPSA) is 108 Å². The average molecular weight is 371 g/mol. The van der Waals surface area contributed by atoms with Gasteiger partial charge in [-0.25, -0.2) is 18.4 Å². The van der Waals surface area contributed by atoms with Crippen molar-refractivity contribution in [1.82, 2.24) is 24.2 Å². The van der Waals surface area contributed by atoms with E-state index in [-0.39, 0.29) is 28.3 Å². The van der Waals surface area contributed by atoms with Gasteiger partial charge in [0.1, 0.15) is 16.5 Å². The number of hydrogen-bond donors (Lipinski definition) is 2. The number of pyridine rings is 1. The number of nitrogens with one attached hydrogen (secondary N) is 1. The third kappa shape index (κ3) is 3.12. The molecule has 2 aromatic heterocycles. The number of anilines is 1. The van der Waals surface area contributed by atoms with Crippen LogP contribution in [0.2, 0.25) is 5.02 Å². The van der Waals surface area contributed by atoms with Crippen molar-refractivity contribution in [1.29, 1.82) is 0 Å². The number of imidazole rings is 1. The number of hydrogen-bond acceptors (Lipinski definition) is 6. The molecule has 0 aliphatic carbocycles. The first kappa shape index (κ1) is 17.2. The zero-order chi connectivity index (χ0) is 17.3. The van der Waals surface area contributed by atoms with E-state index in [9.17, 15) is 8.42 Å². The molecule has 1 aliphatic heterocycles. The maximum atomic E-state index is 13.0. The van der Waals surface area contributed by atoms with E-state index in [0.717, 1.165) is 12.4 Å². The molecule has 0 bridgehead atoms. The van der Waals surface area contributed by atoms with Gasteiger partial charge in [-0.05, 0) is 12.6 Å². The van der Waals surface area contributed by atoms with Gasteiger partial charge in [-0.1, -0.05) is 18.5 Å². The molecule has 0 spiro atoms. The normalized spacial score (nSPS) is 20.3. The van der Waals surface area contributed by atoms with E-state index in [0.29, 0.717) is 13.1 Å². The van der Waals surface area contributed by atoms with Crippen molar-refractivity contribution in [2.75, 3.05) is 31.9 Å². The highest BCUT2D eigenvalue weighted by Crippen LogP contribution is 2.29. The Hall–Kier alpha value is -1.68. The maximum Gasteiger partial charge on any atom is 0.246 e. The smallest absolute Gasteiger partial charge is 0.246 e. The average Bonchev–Trinajstić information content (AvgIpc) is 3.10. The maximum absolute atomic E-state index is 13.0. The molecule has 8 nitrogen and oxygen atoms in total. The Balaban J connectivity index is 1.93. The summed E-state index contributed by atoms with van der Waals surface area (Å²) in [6.07, 6.45) is 4.72. The van der Waals surface area contributed by atoms with Gasteiger partial charge in [-0.3, -0.25) is 4.90 Å². The highest BCUT2D eigenvalue weighted by Gasteiger charge is 2.36. The molecule has 3 rings (SSSR count). The van der Waals surface area contributed by atoms with Gasteiger partial charge in [-0.2, -0.15) is 4.31 Å². The van der Waals surface area contributed by atoms with Crippen LogP contribution in [0.1, 0.15) is 18.8 Å². The van der Waals surface area contributed by atoms with Crippen molar-refractivity contribution in [3.05, 3.63) is 35.5 Å². The van der Waals surface area contributed by atoms with E-state index in [1.807, 2.05) is 6.92 Å². The standard InChI is InChI=1S/C14H19ClN6O2S/c1-2-20-5-6-21(9-11(20)14-17-3-4-18-14)24(22,23)12-7-10(15)8-19-13(12)16/h3-4,7-8,11H,2,5-6,9H2,1H3,(H2,16,19)(H,17,18)/t11-/m0/s1. The quantitative estimate of drug-likeness (QED) is 0.834. The van der Waals surface area contributed by atoms with Crippen LogP contribution in [0.5, 0.6) is 0 Å². The van der Waals surface area contributed by atoms with Crippen LogP contribution in [0.25, 0.3) is 0 Å². The number of piperazine rings is 1. The number of aromatic amines is 1. The van der Waals surface area contributed by atoms with Crippen molar-refractivity contribution < 1.29 is 8.42 Å². The number of likely N-dealkylation sites (N-methyl/N-ethyl adjacent to an activating group) is 1. The summed E-state index contributed by atoms with van der Waals surface area (Å²) in [6.45, 7) is 4.11. The molecule has 10 heteroatoms. The van der Waals surface area contributed by atoms with Gasteiger partial charge in [-0.15, -0.1) is 0 Å². The van der Waals surface area contributed by atoms with Crippen LogP contribution in [0.15, 0.2) is 29.6 Å². The van der Waals surface area contributed by atoms with Gasteiger partial charge >= 0.3 is 0 Å². The molecule has 0 saturated carbocycles. The van der Waals surface area contributed by atoms with E-state index in [1.165, 1.54) is 16.6 Å². The molecule has 0 aromatic carbocycles. The second kappa shape index (κ2) is 6.67. The number of H-pyrrole nitrogens is 1. The number of sulfonamides is 1. The number of nitrogen functional groups attached to an aromatic ring is 1. The number of rotatable bonds is 4. The zero-order valence-electron chi connectivity index (χ0n) is 13.2. The molecule has 0 unspecified atom stereocenters. The second-order valence-electron chi connectivity index (χ2n) is 5.52. The summed E-state index contributed by atoms with van der Waals surface area (Å²) >= 11 is 5.89. The minimum Gasteiger partial charge on any atom is -0.383 e. The molecule has 3 N–H and O–H groups in total. The molecule has 1 atom stereocenters. The predicted molar refractivity (Wildman–Crippen MR) is 91.0 cm³/mol. The van der Waals surface area contributed by atoms with E-state index in [2.05, 4.69) is 19.9 Å². The molecular formula is C14H19ClN6O2S. The van der Waals surface area contributed by atoms with E-state index < -0.39 is 10.0 Å². The highest BCUT2D eigenvalue weighted by molar-refractivity contribution is 7.89. The first-order chi connectivity index (χ1) is 11.4. The molecule has 1 fully saturated rings. The van der Waals surface area contributed by atoms with Gasteiger partial charge in [0.05, 0.1) is 11.1 Å². The molecule has 24 heavy (non-hydrogen) atoms. The van der Waals surface area contributed by atoms with Crippen LogP contribution in [0, 0.1) is 0 Å². The minimum absolute atomic E-state index is 0.0492. The van der Waals surface area contributed by atoms with Gasteiger partial charge in [0, 0.05) is 38.2 Å². The van der Waals surface area contributed by atoms with Crippen LogP contribution >= 0.6 is 11.6 Å². The lowest BCUT2D eigenvalue weighted by Crippen LogP contribution is -2.50. The van der Waals surface area contributed by atoms with Crippen molar-refractivity contribution in [2.45, 2.75) is 17.9 Å². The van der Waals surface area contributed by atoms with Crippen LogP contribution in [-0.2, 0) is 10.0 Å². The molecule has 130 valence electrons. The van der Waals surface area contributed by atoms with Gasteiger partial charge in [0.15, 0.2) is 0 Å². The lowest BCUT2D eigenvalue weighted by Gasteiger charge is -2.39. The third-order valence-corrected chi connectivity index (χ3v) is 6.26. The van der Waals surface area contributed by atoms with Crippen LogP contribution in [0.4, 0.5) is 5.82 Å². The third-order valence-electron chi connectivity index (χ3n) is 4.16. The Labute approximate surface area is 145 Å². The fourth-order valence-corrected chi connectivity index (χ4v) is 4.64. The van der Waals surface area contributed by atoms with Crippen LogP contribution in [0.3, 0.4) is 0 Å². The number of nitrogens with two attached hydrogens (primary N) is 1. The Morgan fingerprint density at radius 3 is 2.88 bits per heavy atom. The monoisotopic (exact) mass is 370 g/mol. The lowest BCUT2D eigenvalue weighted by molar-refractivity contribution is 0.119. The Kier molecular flexibility index (Phi) is 4.77. The van der Waals surface area contributed by atoms with Gasteiger partial charge < -0.3 is 10.7 Å². The Bertz CT molecular complexity index is 811. The highest BCUT2D eigenvalue weighted by atomic mass is 35.5. The molecule has 3 heterocycles. The Morgan fingerprint density at radius 2 is 2.21 bits per heavy atom. The summed E-state index contributed by atoms with van der Waals surface area (Å²) in [5.74, 6) is 0.695.